The molecular weight excluding hydrogens is 346 g/mol. The number of benzene rings is 3. The van der Waals surface area contributed by atoms with Crippen LogP contribution in [-0.2, 0) is 0 Å². The monoisotopic (exact) mass is 373 g/mol. The molecule has 0 N–H and O–H groups in total. The quantitative estimate of drug-likeness (QED) is 0.349. The first-order valence-electron chi connectivity index (χ1n) is 9.75. The van der Waals surface area contributed by atoms with Crippen molar-refractivity contribution in [3.05, 3.63) is 71.8 Å². The van der Waals surface area contributed by atoms with Crippen molar-refractivity contribution in [2.45, 2.75) is 39.5 Å². The molecule has 2 heteroatoms. The van der Waals surface area contributed by atoms with Crippen LogP contribution in [0.5, 0.6) is 0 Å². The highest BCUT2D eigenvalue weighted by molar-refractivity contribution is 7.26. The molecule has 0 spiro atoms. The predicted octanol–water partition coefficient (Wildman–Crippen LogP) is 8.07. The van der Waals surface area contributed by atoms with Crippen molar-refractivity contribution in [1.82, 2.24) is 0 Å². The Hall–Kier alpha value is -2.32. The summed E-state index contributed by atoms with van der Waals surface area (Å²) < 4.78 is 2.80. The van der Waals surface area contributed by atoms with Crippen molar-refractivity contribution in [1.29, 1.82) is 0 Å². The number of anilines is 2. The first-order valence-corrected chi connectivity index (χ1v) is 10.6. The average molecular weight is 374 g/mol. The SMILES string of the molecule is CC(C)c1ccc(N(C)c2cccc3c2sc2c(C(C)C)cccc23)cc1. The molecule has 27 heavy (non-hydrogen) atoms. The van der Waals surface area contributed by atoms with E-state index in [1.54, 1.807) is 0 Å². The van der Waals surface area contributed by atoms with Crippen molar-refractivity contribution in [3.63, 3.8) is 0 Å². The zero-order chi connectivity index (χ0) is 19.1. The number of thiophene rings is 1. The van der Waals surface area contributed by atoms with Gasteiger partial charge < -0.3 is 4.90 Å². The van der Waals surface area contributed by atoms with E-state index >= 15 is 0 Å². The van der Waals surface area contributed by atoms with Gasteiger partial charge in [-0.25, -0.2) is 0 Å². The van der Waals surface area contributed by atoms with E-state index in [4.69, 9.17) is 0 Å². The van der Waals surface area contributed by atoms with Gasteiger partial charge in [-0.2, -0.15) is 0 Å². The summed E-state index contributed by atoms with van der Waals surface area (Å²) in [5.41, 5.74) is 5.34. The van der Waals surface area contributed by atoms with E-state index in [0.29, 0.717) is 11.8 Å². The Morgan fingerprint density at radius 2 is 1.33 bits per heavy atom. The van der Waals surface area contributed by atoms with Gasteiger partial charge in [0.05, 0.1) is 10.4 Å². The van der Waals surface area contributed by atoms with Crippen molar-refractivity contribution >= 4 is 42.9 Å². The Labute approximate surface area is 166 Å². The first kappa shape index (κ1) is 18.1. The Balaban J connectivity index is 1.86. The smallest absolute Gasteiger partial charge is 0.0592 e. The molecule has 1 nitrogen and oxygen atoms in total. The van der Waals surface area contributed by atoms with Crippen LogP contribution in [0.15, 0.2) is 60.7 Å². The maximum atomic E-state index is 2.32. The molecule has 4 rings (SSSR count). The third-order valence-corrected chi connectivity index (χ3v) is 6.76. The van der Waals surface area contributed by atoms with Gasteiger partial charge in [0.25, 0.3) is 0 Å². The lowest BCUT2D eigenvalue weighted by Crippen LogP contribution is -2.09. The summed E-state index contributed by atoms with van der Waals surface area (Å²) in [5.74, 6) is 1.09. The van der Waals surface area contributed by atoms with Gasteiger partial charge in [0, 0.05) is 28.2 Å². The topological polar surface area (TPSA) is 3.24 Å². The minimum atomic E-state index is 0.534. The molecule has 0 unspecified atom stereocenters. The first-order chi connectivity index (χ1) is 13.0. The molecule has 0 aliphatic carbocycles. The Kier molecular flexibility index (Phi) is 4.69. The number of rotatable bonds is 4. The van der Waals surface area contributed by atoms with Gasteiger partial charge in [0.15, 0.2) is 0 Å². The Morgan fingerprint density at radius 3 is 1.96 bits per heavy atom. The minimum absolute atomic E-state index is 0.534. The highest BCUT2D eigenvalue weighted by Crippen LogP contribution is 2.43. The molecule has 1 aromatic heterocycles. The van der Waals surface area contributed by atoms with Gasteiger partial charge in [-0.05, 0) is 41.2 Å². The van der Waals surface area contributed by atoms with Crippen LogP contribution in [-0.4, -0.2) is 7.05 Å². The minimum Gasteiger partial charge on any atom is -0.343 e. The standard InChI is InChI=1S/C25H27NS/c1-16(2)18-12-14-19(15-13-18)26(5)23-11-7-10-22-21-9-6-8-20(17(3)4)24(21)27-25(22)23/h6-17H,1-5H3. The van der Waals surface area contributed by atoms with Crippen LogP contribution in [0.25, 0.3) is 20.2 Å². The van der Waals surface area contributed by atoms with Gasteiger partial charge in [0.1, 0.15) is 0 Å². The zero-order valence-electron chi connectivity index (χ0n) is 16.8. The van der Waals surface area contributed by atoms with Crippen LogP contribution in [0.4, 0.5) is 11.4 Å². The van der Waals surface area contributed by atoms with Crippen molar-refractivity contribution < 1.29 is 0 Å². The normalized spacial score (nSPS) is 11.8. The Bertz CT molecular complexity index is 1090. The van der Waals surface area contributed by atoms with Crippen molar-refractivity contribution in [2.24, 2.45) is 0 Å². The summed E-state index contributed by atoms with van der Waals surface area (Å²) in [6.07, 6.45) is 0. The van der Waals surface area contributed by atoms with Crippen LogP contribution < -0.4 is 4.90 Å². The number of nitrogens with zero attached hydrogens (tertiary/aromatic N) is 1. The van der Waals surface area contributed by atoms with Gasteiger partial charge >= 0.3 is 0 Å². The molecule has 4 aromatic rings. The second-order valence-corrected chi connectivity index (χ2v) is 8.96. The second kappa shape index (κ2) is 7.01. The highest BCUT2D eigenvalue weighted by atomic mass is 32.1. The molecule has 0 amide bonds. The zero-order valence-corrected chi connectivity index (χ0v) is 17.6. The lowest BCUT2D eigenvalue weighted by atomic mass is 10.0. The summed E-state index contributed by atoms with van der Waals surface area (Å²) in [6, 6.07) is 22.4. The molecule has 0 aliphatic rings. The van der Waals surface area contributed by atoms with E-state index in [1.807, 2.05) is 11.3 Å². The van der Waals surface area contributed by atoms with E-state index in [0.717, 1.165) is 0 Å². The number of hydrogen-bond acceptors (Lipinski definition) is 2. The van der Waals surface area contributed by atoms with Crippen molar-refractivity contribution in [2.75, 3.05) is 11.9 Å². The molecule has 0 bridgehead atoms. The summed E-state index contributed by atoms with van der Waals surface area (Å²) in [6.45, 7) is 9.04. The summed E-state index contributed by atoms with van der Waals surface area (Å²) >= 11 is 1.93. The number of fused-ring (bicyclic) bond motifs is 3. The molecule has 138 valence electrons. The second-order valence-electron chi connectivity index (χ2n) is 7.94. The lowest BCUT2D eigenvalue weighted by molar-refractivity contribution is 0.866. The molecule has 0 saturated carbocycles. The molecule has 0 radical (unpaired) electrons. The van der Waals surface area contributed by atoms with Gasteiger partial charge in [-0.15, -0.1) is 11.3 Å². The van der Waals surface area contributed by atoms with E-state index in [-0.39, 0.29) is 0 Å². The average Bonchev–Trinajstić information content (AvgIpc) is 3.06. The van der Waals surface area contributed by atoms with Crippen molar-refractivity contribution in [3.8, 4) is 0 Å². The van der Waals surface area contributed by atoms with Gasteiger partial charge in [0.2, 0.25) is 0 Å². The maximum absolute atomic E-state index is 2.32. The van der Waals surface area contributed by atoms with E-state index < -0.39 is 0 Å². The lowest BCUT2D eigenvalue weighted by Gasteiger charge is -2.21. The fraction of sp³-hybridized carbons (Fsp3) is 0.280. The Morgan fingerprint density at radius 1 is 0.704 bits per heavy atom. The van der Waals surface area contributed by atoms with Crippen LogP contribution >= 0.6 is 11.3 Å². The van der Waals surface area contributed by atoms with Crippen LogP contribution in [0, 0.1) is 0 Å². The molecule has 0 saturated heterocycles. The molecular formula is C25H27NS. The highest BCUT2D eigenvalue weighted by Gasteiger charge is 2.15. The fourth-order valence-corrected chi connectivity index (χ4v) is 5.28. The molecule has 0 atom stereocenters. The fourth-order valence-electron chi connectivity index (χ4n) is 3.77. The summed E-state index contributed by atoms with van der Waals surface area (Å²) in [4.78, 5) is 2.32. The van der Waals surface area contributed by atoms with Gasteiger partial charge in [-0.1, -0.05) is 70.2 Å². The summed E-state index contributed by atoms with van der Waals surface area (Å²) in [7, 11) is 2.17. The maximum Gasteiger partial charge on any atom is 0.0592 e. The molecule has 0 fully saturated rings. The van der Waals surface area contributed by atoms with Crippen LogP contribution in [0.1, 0.15) is 50.7 Å². The molecule has 1 heterocycles. The largest absolute Gasteiger partial charge is 0.343 e. The van der Waals surface area contributed by atoms with E-state index in [2.05, 4.69) is 100 Å². The summed E-state index contributed by atoms with van der Waals surface area (Å²) in [5, 5.41) is 2.74. The predicted molar refractivity (Wildman–Crippen MR) is 122 cm³/mol. The van der Waals surface area contributed by atoms with Crippen LogP contribution in [0.3, 0.4) is 0 Å². The third-order valence-electron chi connectivity index (χ3n) is 5.46. The van der Waals surface area contributed by atoms with Crippen LogP contribution in [0.2, 0.25) is 0 Å². The van der Waals surface area contributed by atoms with E-state index in [1.165, 1.54) is 42.7 Å². The third kappa shape index (κ3) is 3.12. The van der Waals surface area contributed by atoms with E-state index in [9.17, 15) is 0 Å². The molecule has 3 aromatic carbocycles. The van der Waals surface area contributed by atoms with Gasteiger partial charge in [-0.3, -0.25) is 0 Å². The molecule has 0 aliphatic heterocycles. The number of hydrogen-bond donors (Lipinski definition) is 0.